The maximum absolute atomic E-state index is 14.3. The molecule has 0 N–H and O–H groups in total. The van der Waals surface area contributed by atoms with Gasteiger partial charge in [0.1, 0.15) is 16.1 Å². The van der Waals surface area contributed by atoms with Crippen molar-refractivity contribution >= 4 is 33.2 Å². The molecule has 3 rings (SSSR count). The van der Waals surface area contributed by atoms with Gasteiger partial charge in [0.05, 0.1) is 12.3 Å². The highest BCUT2D eigenvalue weighted by atomic mass is 79.9. The van der Waals surface area contributed by atoms with Gasteiger partial charge in [-0.05, 0) is 41.1 Å². The fraction of sp³-hybridized carbons (Fsp3) is 0.188. The fourth-order valence-corrected chi connectivity index (χ4v) is 2.93. The lowest BCUT2D eigenvalue weighted by Crippen LogP contribution is -2.21. The number of aromatic nitrogens is 3. The summed E-state index contributed by atoms with van der Waals surface area (Å²) >= 11 is 9.07. The maximum atomic E-state index is 14.3. The quantitative estimate of drug-likeness (QED) is 0.657. The Morgan fingerprint density at radius 1 is 1.38 bits per heavy atom. The van der Waals surface area contributed by atoms with Crippen molar-refractivity contribution in [3.8, 4) is 11.3 Å². The molecule has 2 aromatic heterocycles. The Morgan fingerprint density at radius 2 is 2.12 bits per heavy atom. The van der Waals surface area contributed by atoms with Crippen molar-refractivity contribution in [3.05, 3.63) is 61.5 Å². The van der Waals surface area contributed by atoms with Crippen molar-refractivity contribution in [1.82, 2.24) is 14.4 Å². The number of fused-ring (bicyclic) bond motifs is 1. The average molecular weight is 413 g/mol. The van der Waals surface area contributed by atoms with Gasteiger partial charge in [0.2, 0.25) is 0 Å². The highest BCUT2D eigenvalue weighted by molar-refractivity contribution is 9.10. The Balaban J connectivity index is 2.41. The summed E-state index contributed by atoms with van der Waals surface area (Å²) in [5, 5.41) is 0.275. The van der Waals surface area contributed by atoms with E-state index in [1.54, 1.807) is 13.0 Å². The van der Waals surface area contributed by atoms with E-state index in [9.17, 15) is 9.18 Å². The normalized spacial score (nSPS) is 11.2. The van der Waals surface area contributed by atoms with Crippen molar-refractivity contribution < 1.29 is 9.13 Å². The molecule has 0 spiro atoms. The number of benzene rings is 1. The summed E-state index contributed by atoms with van der Waals surface area (Å²) < 4.78 is 21.2. The van der Waals surface area contributed by atoms with E-state index in [-0.39, 0.29) is 34.1 Å². The SMILES string of the molecule is COCc1nc2c(-c3ccc(Cl)cc3F)nc(Br)cn2c(=O)c1C. The fourth-order valence-electron chi connectivity index (χ4n) is 2.38. The van der Waals surface area contributed by atoms with Crippen LogP contribution in [0.25, 0.3) is 16.9 Å². The molecule has 0 aliphatic rings. The van der Waals surface area contributed by atoms with Crippen LogP contribution < -0.4 is 5.56 Å². The van der Waals surface area contributed by atoms with Gasteiger partial charge < -0.3 is 4.74 Å². The Morgan fingerprint density at radius 3 is 2.79 bits per heavy atom. The van der Waals surface area contributed by atoms with Crippen molar-refractivity contribution in [3.63, 3.8) is 0 Å². The summed E-state index contributed by atoms with van der Waals surface area (Å²) in [4.78, 5) is 21.4. The highest BCUT2D eigenvalue weighted by Crippen LogP contribution is 2.28. The number of hydrogen-bond donors (Lipinski definition) is 0. The molecule has 8 heteroatoms. The first-order chi connectivity index (χ1) is 11.4. The first-order valence-electron chi connectivity index (χ1n) is 6.95. The van der Waals surface area contributed by atoms with E-state index in [0.717, 1.165) is 0 Å². The molecule has 0 aliphatic carbocycles. The summed E-state index contributed by atoms with van der Waals surface area (Å²) in [6, 6.07) is 4.26. The monoisotopic (exact) mass is 411 g/mol. The van der Waals surface area contributed by atoms with Crippen LogP contribution in [0.5, 0.6) is 0 Å². The number of halogens is 3. The Hall–Kier alpha value is -1.83. The largest absolute Gasteiger partial charge is 0.378 e. The lowest BCUT2D eigenvalue weighted by molar-refractivity contribution is 0.181. The lowest BCUT2D eigenvalue weighted by atomic mass is 10.1. The van der Waals surface area contributed by atoms with Crippen molar-refractivity contribution in [2.75, 3.05) is 7.11 Å². The molecule has 24 heavy (non-hydrogen) atoms. The van der Waals surface area contributed by atoms with Gasteiger partial charge in [0.15, 0.2) is 5.65 Å². The smallest absolute Gasteiger partial charge is 0.261 e. The maximum Gasteiger partial charge on any atom is 0.261 e. The van der Waals surface area contributed by atoms with E-state index in [4.69, 9.17) is 16.3 Å². The third-order valence-corrected chi connectivity index (χ3v) is 4.19. The predicted octanol–water partition coefficient (Wildman–Crippen LogP) is 3.77. The van der Waals surface area contributed by atoms with Crippen molar-refractivity contribution in [1.29, 1.82) is 0 Å². The molecule has 0 unspecified atom stereocenters. The van der Waals surface area contributed by atoms with E-state index in [2.05, 4.69) is 25.9 Å². The highest BCUT2D eigenvalue weighted by Gasteiger charge is 2.17. The molecule has 0 saturated carbocycles. The van der Waals surface area contributed by atoms with Crippen LogP contribution in [0.2, 0.25) is 5.02 Å². The number of rotatable bonds is 3. The standard InChI is InChI=1S/C16H12BrClFN3O2/c1-8-12(7-24-2)20-15-14(10-4-3-9(18)5-11(10)19)21-13(17)6-22(15)16(8)23/h3-6H,7H2,1-2H3. The van der Waals surface area contributed by atoms with Gasteiger partial charge in [0, 0.05) is 29.5 Å². The van der Waals surface area contributed by atoms with Gasteiger partial charge in [-0.2, -0.15) is 0 Å². The molecule has 1 aromatic carbocycles. The van der Waals surface area contributed by atoms with Gasteiger partial charge in [-0.3, -0.25) is 9.20 Å². The zero-order chi connectivity index (χ0) is 17.4. The zero-order valence-corrected chi connectivity index (χ0v) is 15.2. The minimum atomic E-state index is -0.543. The van der Waals surface area contributed by atoms with Gasteiger partial charge >= 0.3 is 0 Å². The van der Waals surface area contributed by atoms with Crippen molar-refractivity contribution in [2.45, 2.75) is 13.5 Å². The van der Waals surface area contributed by atoms with Crippen LogP contribution in [0.15, 0.2) is 33.8 Å². The summed E-state index contributed by atoms with van der Waals surface area (Å²) in [5.74, 6) is -0.543. The molecular formula is C16H12BrClFN3O2. The van der Waals surface area contributed by atoms with Gasteiger partial charge in [0.25, 0.3) is 5.56 Å². The summed E-state index contributed by atoms with van der Waals surface area (Å²) in [7, 11) is 1.52. The first kappa shape index (κ1) is 17.0. The minimum Gasteiger partial charge on any atom is -0.378 e. The molecule has 0 radical (unpaired) electrons. The van der Waals surface area contributed by atoms with Crippen LogP contribution in [0, 0.1) is 12.7 Å². The Bertz CT molecular complexity index is 1010. The van der Waals surface area contributed by atoms with Crippen LogP contribution in [-0.4, -0.2) is 21.5 Å². The second kappa shape index (κ2) is 6.58. The zero-order valence-electron chi connectivity index (χ0n) is 12.8. The second-order valence-electron chi connectivity index (χ2n) is 5.15. The van der Waals surface area contributed by atoms with Crippen LogP contribution in [-0.2, 0) is 11.3 Å². The predicted molar refractivity (Wildman–Crippen MR) is 92.8 cm³/mol. The summed E-state index contributed by atoms with van der Waals surface area (Å²) in [6.07, 6.45) is 1.51. The Labute approximate surface area is 150 Å². The third kappa shape index (κ3) is 2.94. The molecule has 2 heterocycles. The van der Waals surface area contributed by atoms with Gasteiger partial charge in [-0.25, -0.2) is 14.4 Å². The third-order valence-electron chi connectivity index (χ3n) is 3.57. The molecule has 124 valence electrons. The average Bonchev–Trinajstić information content (AvgIpc) is 2.53. The van der Waals surface area contributed by atoms with Crippen LogP contribution in [0.4, 0.5) is 4.39 Å². The lowest BCUT2D eigenvalue weighted by Gasteiger charge is -2.12. The van der Waals surface area contributed by atoms with E-state index in [1.807, 2.05) is 0 Å². The van der Waals surface area contributed by atoms with Gasteiger partial charge in [-0.1, -0.05) is 11.6 Å². The molecule has 0 fully saturated rings. The number of ether oxygens (including phenoxy) is 1. The summed E-state index contributed by atoms with van der Waals surface area (Å²) in [6.45, 7) is 1.85. The topological polar surface area (TPSA) is 56.5 Å². The van der Waals surface area contributed by atoms with Crippen LogP contribution >= 0.6 is 27.5 Å². The molecule has 3 aromatic rings. The number of methoxy groups -OCH3 is 1. The molecule has 0 bridgehead atoms. The Kier molecular flexibility index (Phi) is 4.67. The molecule has 0 amide bonds. The van der Waals surface area contributed by atoms with Crippen LogP contribution in [0.1, 0.15) is 11.3 Å². The van der Waals surface area contributed by atoms with Crippen LogP contribution in [0.3, 0.4) is 0 Å². The summed E-state index contributed by atoms with van der Waals surface area (Å²) in [5.41, 5.74) is 1.40. The van der Waals surface area contributed by atoms with E-state index in [1.165, 1.54) is 29.8 Å². The first-order valence-corrected chi connectivity index (χ1v) is 8.12. The van der Waals surface area contributed by atoms with E-state index < -0.39 is 5.82 Å². The number of nitrogens with zero attached hydrogens (tertiary/aromatic N) is 3. The van der Waals surface area contributed by atoms with E-state index >= 15 is 0 Å². The minimum absolute atomic E-state index is 0.177. The molecule has 0 aliphatic heterocycles. The molecule has 0 saturated heterocycles. The van der Waals surface area contributed by atoms with Crippen molar-refractivity contribution in [2.24, 2.45) is 0 Å². The molecule has 5 nitrogen and oxygen atoms in total. The van der Waals surface area contributed by atoms with E-state index in [0.29, 0.717) is 15.9 Å². The molecule has 0 atom stereocenters. The second-order valence-corrected chi connectivity index (χ2v) is 6.40. The van der Waals surface area contributed by atoms with Gasteiger partial charge in [-0.15, -0.1) is 0 Å². The molecular weight excluding hydrogens is 401 g/mol. The number of hydrogen-bond acceptors (Lipinski definition) is 4.